The molecule has 0 aliphatic heterocycles. The molecule has 0 aromatic heterocycles. The SMILES string of the molecule is C=COC(COCCOCCO)OC(=O)C=C. The smallest absolute Gasteiger partial charge is 0.333 e. The third-order valence-corrected chi connectivity index (χ3v) is 1.52. The number of hydrogen-bond donors (Lipinski definition) is 1. The second-order valence-corrected chi connectivity index (χ2v) is 2.78. The van der Waals surface area contributed by atoms with Crippen molar-refractivity contribution in [1.82, 2.24) is 0 Å². The molecule has 17 heavy (non-hydrogen) atoms. The Labute approximate surface area is 100 Å². The van der Waals surface area contributed by atoms with Gasteiger partial charge in [-0.15, -0.1) is 0 Å². The molecule has 0 amide bonds. The van der Waals surface area contributed by atoms with E-state index >= 15 is 0 Å². The van der Waals surface area contributed by atoms with E-state index in [2.05, 4.69) is 13.2 Å². The predicted octanol–water partition coefficient (Wildman–Crippen LogP) is 0.227. The molecule has 0 radical (unpaired) electrons. The van der Waals surface area contributed by atoms with Gasteiger partial charge in [-0.25, -0.2) is 4.79 Å². The monoisotopic (exact) mass is 246 g/mol. The lowest BCUT2D eigenvalue weighted by Crippen LogP contribution is -2.25. The molecule has 0 aliphatic rings. The number of aliphatic hydroxyl groups excluding tert-OH is 1. The van der Waals surface area contributed by atoms with Gasteiger partial charge < -0.3 is 24.1 Å². The van der Waals surface area contributed by atoms with Crippen molar-refractivity contribution in [3.05, 3.63) is 25.5 Å². The minimum absolute atomic E-state index is 0.0286. The number of ether oxygens (including phenoxy) is 4. The van der Waals surface area contributed by atoms with E-state index in [4.69, 9.17) is 24.1 Å². The van der Waals surface area contributed by atoms with Crippen molar-refractivity contribution < 1.29 is 28.8 Å². The van der Waals surface area contributed by atoms with Crippen molar-refractivity contribution in [2.45, 2.75) is 6.29 Å². The number of esters is 1. The molecular formula is C11H18O6. The predicted molar refractivity (Wildman–Crippen MR) is 60.1 cm³/mol. The zero-order chi connectivity index (χ0) is 12.9. The Hall–Kier alpha value is -1.37. The lowest BCUT2D eigenvalue weighted by molar-refractivity contribution is -0.173. The number of aliphatic hydroxyl groups is 1. The molecule has 0 bridgehead atoms. The molecule has 1 atom stereocenters. The van der Waals surface area contributed by atoms with E-state index < -0.39 is 12.3 Å². The molecule has 6 nitrogen and oxygen atoms in total. The van der Waals surface area contributed by atoms with Crippen LogP contribution in [-0.2, 0) is 23.7 Å². The first kappa shape index (κ1) is 15.6. The Kier molecular flexibility index (Phi) is 10.2. The summed E-state index contributed by atoms with van der Waals surface area (Å²) < 4.78 is 19.8. The van der Waals surface area contributed by atoms with Gasteiger partial charge in [-0.05, 0) is 0 Å². The van der Waals surface area contributed by atoms with Crippen molar-refractivity contribution >= 4 is 5.97 Å². The van der Waals surface area contributed by atoms with Crippen LogP contribution in [0.15, 0.2) is 25.5 Å². The first-order chi connectivity index (χ1) is 8.24. The molecule has 0 fully saturated rings. The lowest BCUT2D eigenvalue weighted by Gasteiger charge is -2.16. The maximum Gasteiger partial charge on any atom is 0.333 e. The standard InChI is InChI=1S/C11H18O6/c1-3-10(13)17-11(16-4-2)9-15-8-7-14-6-5-12/h3-4,11-12H,1-2,5-9H2. The van der Waals surface area contributed by atoms with Crippen molar-refractivity contribution in [2.75, 3.05) is 33.0 Å². The quantitative estimate of drug-likeness (QED) is 0.185. The molecule has 98 valence electrons. The molecule has 0 heterocycles. The Morgan fingerprint density at radius 3 is 2.53 bits per heavy atom. The summed E-state index contributed by atoms with van der Waals surface area (Å²) in [4.78, 5) is 10.9. The fraction of sp³-hybridized carbons (Fsp3) is 0.545. The van der Waals surface area contributed by atoms with E-state index in [0.717, 1.165) is 12.3 Å². The van der Waals surface area contributed by atoms with Gasteiger partial charge in [-0.2, -0.15) is 0 Å². The van der Waals surface area contributed by atoms with E-state index in [0.29, 0.717) is 13.2 Å². The number of rotatable bonds is 11. The van der Waals surface area contributed by atoms with E-state index in [-0.39, 0.29) is 19.8 Å². The summed E-state index contributed by atoms with van der Waals surface area (Å²) in [6.45, 7) is 7.57. The number of carbonyl (C=O) groups excluding carboxylic acids is 1. The molecular weight excluding hydrogens is 228 g/mol. The van der Waals surface area contributed by atoms with Crippen LogP contribution in [-0.4, -0.2) is 50.4 Å². The summed E-state index contributed by atoms with van der Waals surface area (Å²) in [6, 6.07) is 0. The molecule has 1 unspecified atom stereocenters. The second kappa shape index (κ2) is 11.1. The van der Waals surface area contributed by atoms with Crippen LogP contribution in [0.25, 0.3) is 0 Å². The van der Waals surface area contributed by atoms with Crippen LogP contribution in [0.2, 0.25) is 0 Å². The van der Waals surface area contributed by atoms with Gasteiger partial charge in [0.15, 0.2) is 0 Å². The maximum absolute atomic E-state index is 10.9. The largest absolute Gasteiger partial charge is 0.461 e. The summed E-state index contributed by atoms with van der Waals surface area (Å²) in [6.07, 6.45) is 1.34. The Bertz CT molecular complexity index is 228. The summed E-state index contributed by atoms with van der Waals surface area (Å²) >= 11 is 0. The van der Waals surface area contributed by atoms with Gasteiger partial charge in [0.1, 0.15) is 6.61 Å². The van der Waals surface area contributed by atoms with Crippen molar-refractivity contribution in [3.63, 3.8) is 0 Å². The van der Waals surface area contributed by atoms with Gasteiger partial charge >= 0.3 is 5.97 Å². The van der Waals surface area contributed by atoms with Crippen LogP contribution in [0.4, 0.5) is 0 Å². The molecule has 0 spiro atoms. The topological polar surface area (TPSA) is 74.2 Å². The Balaban J connectivity index is 3.65. The molecule has 0 aromatic carbocycles. The molecule has 0 rings (SSSR count). The van der Waals surface area contributed by atoms with Gasteiger partial charge in [-0.3, -0.25) is 0 Å². The highest BCUT2D eigenvalue weighted by atomic mass is 16.7. The van der Waals surface area contributed by atoms with Crippen LogP contribution in [0.3, 0.4) is 0 Å². The van der Waals surface area contributed by atoms with Crippen LogP contribution < -0.4 is 0 Å². The summed E-state index contributed by atoms with van der Waals surface area (Å²) in [5.41, 5.74) is 0. The van der Waals surface area contributed by atoms with Gasteiger partial charge in [0.25, 0.3) is 6.29 Å². The van der Waals surface area contributed by atoms with Crippen molar-refractivity contribution in [3.8, 4) is 0 Å². The third-order valence-electron chi connectivity index (χ3n) is 1.52. The molecule has 6 heteroatoms. The van der Waals surface area contributed by atoms with Crippen LogP contribution in [0.5, 0.6) is 0 Å². The van der Waals surface area contributed by atoms with E-state index in [9.17, 15) is 4.79 Å². The minimum Gasteiger partial charge on any atom is -0.461 e. The van der Waals surface area contributed by atoms with Gasteiger partial charge in [0.2, 0.25) is 0 Å². The molecule has 0 saturated carbocycles. The Morgan fingerprint density at radius 2 is 1.94 bits per heavy atom. The minimum atomic E-state index is -0.851. The zero-order valence-electron chi connectivity index (χ0n) is 9.67. The second-order valence-electron chi connectivity index (χ2n) is 2.78. The first-order valence-corrected chi connectivity index (χ1v) is 5.10. The fourth-order valence-corrected chi connectivity index (χ4v) is 0.850. The summed E-state index contributed by atoms with van der Waals surface area (Å²) in [7, 11) is 0. The van der Waals surface area contributed by atoms with Gasteiger partial charge in [0, 0.05) is 6.08 Å². The molecule has 0 saturated heterocycles. The summed E-state index contributed by atoms with van der Waals surface area (Å²) in [5.74, 6) is -0.600. The number of hydrogen-bond acceptors (Lipinski definition) is 6. The molecule has 1 N–H and O–H groups in total. The highest BCUT2D eigenvalue weighted by molar-refractivity contribution is 5.81. The molecule has 0 aliphatic carbocycles. The van der Waals surface area contributed by atoms with Gasteiger partial charge in [-0.1, -0.05) is 13.2 Å². The zero-order valence-corrected chi connectivity index (χ0v) is 9.67. The van der Waals surface area contributed by atoms with Crippen molar-refractivity contribution in [1.29, 1.82) is 0 Å². The summed E-state index contributed by atoms with van der Waals surface area (Å²) in [5, 5.41) is 8.44. The molecule has 0 aromatic rings. The fourth-order valence-electron chi connectivity index (χ4n) is 0.850. The lowest BCUT2D eigenvalue weighted by atomic mass is 10.6. The maximum atomic E-state index is 10.9. The van der Waals surface area contributed by atoms with E-state index in [1.165, 1.54) is 0 Å². The van der Waals surface area contributed by atoms with Gasteiger partial charge in [0.05, 0.1) is 32.7 Å². The van der Waals surface area contributed by atoms with Crippen LogP contribution in [0.1, 0.15) is 0 Å². The Morgan fingerprint density at radius 1 is 1.24 bits per heavy atom. The highest BCUT2D eigenvalue weighted by Crippen LogP contribution is 1.98. The third kappa shape index (κ3) is 9.55. The average Bonchev–Trinajstić information content (AvgIpc) is 2.33. The van der Waals surface area contributed by atoms with Crippen molar-refractivity contribution in [2.24, 2.45) is 0 Å². The first-order valence-electron chi connectivity index (χ1n) is 5.10. The number of carbonyl (C=O) groups is 1. The normalized spacial score (nSPS) is 11.6. The van der Waals surface area contributed by atoms with Crippen LogP contribution in [0, 0.1) is 0 Å². The average molecular weight is 246 g/mol. The van der Waals surface area contributed by atoms with E-state index in [1.54, 1.807) is 0 Å². The van der Waals surface area contributed by atoms with E-state index in [1.807, 2.05) is 0 Å². The van der Waals surface area contributed by atoms with Crippen LogP contribution >= 0.6 is 0 Å². The highest BCUT2D eigenvalue weighted by Gasteiger charge is 2.12.